The number of hydrogen-bond acceptors (Lipinski definition) is 7. The van der Waals surface area contributed by atoms with E-state index in [4.69, 9.17) is 14.2 Å². The van der Waals surface area contributed by atoms with Crippen LogP contribution in [0, 0.1) is 0 Å². The molecule has 4 unspecified atom stereocenters. The van der Waals surface area contributed by atoms with Crippen molar-refractivity contribution in [3.05, 3.63) is 35.9 Å². The summed E-state index contributed by atoms with van der Waals surface area (Å²) in [4.78, 5) is 51.8. The number of rotatable bonds is 7. The van der Waals surface area contributed by atoms with Gasteiger partial charge in [0.15, 0.2) is 0 Å². The topological polar surface area (TPSA) is 123 Å². The van der Waals surface area contributed by atoms with Crippen LogP contribution in [0.25, 0.3) is 0 Å². The Labute approximate surface area is 205 Å². The second-order valence-corrected chi connectivity index (χ2v) is 9.89. The number of amides is 3. The Morgan fingerprint density at radius 1 is 1.17 bits per heavy atom. The summed E-state index contributed by atoms with van der Waals surface area (Å²) in [5, 5.41) is 5.39. The number of carbonyl (C=O) groups is 4. The molecule has 0 bridgehead atoms. The molecule has 0 saturated carbocycles. The van der Waals surface area contributed by atoms with Crippen LogP contribution in [0.5, 0.6) is 0 Å². The molecule has 3 rings (SSSR count). The van der Waals surface area contributed by atoms with E-state index in [1.54, 1.807) is 27.7 Å². The highest BCUT2D eigenvalue weighted by Gasteiger charge is 2.40. The van der Waals surface area contributed by atoms with E-state index in [0.29, 0.717) is 13.0 Å². The first-order valence-corrected chi connectivity index (χ1v) is 12.0. The average molecular weight is 490 g/mol. The fraction of sp³-hybridized carbons (Fsp3) is 0.600. The third kappa shape index (κ3) is 7.68. The molecule has 3 amide bonds. The molecule has 10 nitrogen and oxygen atoms in total. The highest BCUT2D eigenvalue weighted by atomic mass is 16.7. The van der Waals surface area contributed by atoms with Crippen molar-refractivity contribution in [1.29, 1.82) is 0 Å². The van der Waals surface area contributed by atoms with E-state index in [0.717, 1.165) is 18.4 Å². The molecule has 10 heteroatoms. The van der Waals surface area contributed by atoms with Crippen molar-refractivity contribution in [1.82, 2.24) is 15.5 Å². The molecule has 2 N–H and O–H groups in total. The number of esters is 1. The maximum atomic E-state index is 13.2. The molecule has 1 aromatic carbocycles. The van der Waals surface area contributed by atoms with Crippen molar-refractivity contribution in [2.75, 3.05) is 6.54 Å². The standard InChI is InChI=1S/C25H35N3O7/c1-16(26-24(32)35-25(2,3)4)22(31)28-13-9-8-12-19(28)21(30)27-18-14-20(29)34-23(18)33-15-17-10-6-5-7-11-17/h5-7,10-11,16,18-19,23H,8-9,12-15H2,1-4H3,(H,26,32)(H,27,30). The zero-order chi connectivity index (χ0) is 25.6. The van der Waals surface area contributed by atoms with Gasteiger partial charge in [0, 0.05) is 6.54 Å². The molecular formula is C25H35N3O7. The molecule has 0 spiro atoms. The Morgan fingerprint density at radius 3 is 2.57 bits per heavy atom. The van der Waals surface area contributed by atoms with Crippen LogP contribution in [0.4, 0.5) is 4.79 Å². The van der Waals surface area contributed by atoms with Crippen LogP contribution in [0.3, 0.4) is 0 Å². The highest BCUT2D eigenvalue weighted by molar-refractivity contribution is 5.91. The minimum atomic E-state index is -0.910. The van der Waals surface area contributed by atoms with Gasteiger partial charge in [-0.25, -0.2) is 4.79 Å². The van der Waals surface area contributed by atoms with Gasteiger partial charge in [0.25, 0.3) is 0 Å². The molecular weight excluding hydrogens is 454 g/mol. The van der Waals surface area contributed by atoms with Gasteiger partial charge in [-0.3, -0.25) is 14.4 Å². The van der Waals surface area contributed by atoms with Gasteiger partial charge in [0.1, 0.15) is 23.7 Å². The molecule has 35 heavy (non-hydrogen) atoms. The van der Waals surface area contributed by atoms with E-state index >= 15 is 0 Å². The van der Waals surface area contributed by atoms with Crippen LogP contribution in [0.2, 0.25) is 0 Å². The van der Waals surface area contributed by atoms with E-state index in [9.17, 15) is 19.2 Å². The van der Waals surface area contributed by atoms with Crippen LogP contribution in [0.1, 0.15) is 58.9 Å². The van der Waals surface area contributed by atoms with E-state index in [-0.39, 0.29) is 24.8 Å². The zero-order valence-corrected chi connectivity index (χ0v) is 20.7. The summed E-state index contributed by atoms with van der Waals surface area (Å²) >= 11 is 0. The monoisotopic (exact) mass is 489 g/mol. The van der Waals surface area contributed by atoms with Crippen molar-refractivity contribution in [3.63, 3.8) is 0 Å². The van der Waals surface area contributed by atoms with Crippen LogP contribution in [0.15, 0.2) is 30.3 Å². The number of alkyl carbamates (subject to hydrolysis) is 1. The number of piperidine rings is 1. The molecule has 2 aliphatic heterocycles. The molecule has 2 aliphatic rings. The third-order valence-corrected chi connectivity index (χ3v) is 5.74. The molecule has 1 aromatic rings. The Bertz CT molecular complexity index is 915. The lowest BCUT2D eigenvalue weighted by Crippen LogP contribution is -2.58. The van der Waals surface area contributed by atoms with Crippen molar-refractivity contribution in [2.24, 2.45) is 0 Å². The first-order valence-electron chi connectivity index (χ1n) is 12.0. The predicted molar refractivity (Wildman–Crippen MR) is 126 cm³/mol. The molecule has 2 heterocycles. The summed E-state index contributed by atoms with van der Waals surface area (Å²) in [6, 6.07) is 7.20. The first-order chi connectivity index (χ1) is 16.5. The van der Waals surface area contributed by atoms with Gasteiger partial charge in [0.05, 0.1) is 13.0 Å². The number of hydrogen-bond donors (Lipinski definition) is 2. The van der Waals surface area contributed by atoms with Crippen LogP contribution < -0.4 is 10.6 Å². The molecule has 0 aromatic heterocycles. The van der Waals surface area contributed by atoms with Gasteiger partial charge in [-0.1, -0.05) is 30.3 Å². The summed E-state index contributed by atoms with van der Waals surface area (Å²) in [7, 11) is 0. The predicted octanol–water partition coefficient (Wildman–Crippen LogP) is 2.26. The molecule has 192 valence electrons. The lowest BCUT2D eigenvalue weighted by atomic mass is 9.99. The van der Waals surface area contributed by atoms with E-state index in [1.807, 2.05) is 30.3 Å². The van der Waals surface area contributed by atoms with Gasteiger partial charge < -0.3 is 29.7 Å². The van der Waals surface area contributed by atoms with E-state index in [1.165, 1.54) is 4.90 Å². The summed E-state index contributed by atoms with van der Waals surface area (Å²) in [6.07, 6.45) is 0.395. The summed E-state index contributed by atoms with van der Waals surface area (Å²) in [6.45, 7) is 7.39. The lowest BCUT2D eigenvalue weighted by molar-refractivity contribution is -0.168. The first kappa shape index (κ1) is 26.5. The normalized spacial score (nSPS) is 23.3. The number of ether oxygens (including phenoxy) is 3. The Balaban J connectivity index is 1.60. The number of carbonyl (C=O) groups excluding carboxylic acids is 4. The number of nitrogens with zero attached hydrogens (tertiary/aromatic N) is 1. The largest absolute Gasteiger partial charge is 0.444 e. The number of benzene rings is 1. The summed E-state index contributed by atoms with van der Waals surface area (Å²) in [5.74, 6) is -1.20. The molecule has 0 radical (unpaired) electrons. The minimum absolute atomic E-state index is 0.0114. The van der Waals surface area contributed by atoms with E-state index in [2.05, 4.69) is 10.6 Å². The number of nitrogens with one attached hydrogen (secondary N) is 2. The smallest absolute Gasteiger partial charge is 0.408 e. The summed E-state index contributed by atoms with van der Waals surface area (Å²) in [5.41, 5.74) is 0.219. The van der Waals surface area contributed by atoms with Gasteiger partial charge in [-0.05, 0) is 52.5 Å². The lowest BCUT2D eigenvalue weighted by Gasteiger charge is -2.37. The van der Waals surface area contributed by atoms with Gasteiger partial charge in [-0.15, -0.1) is 0 Å². The second-order valence-electron chi connectivity index (χ2n) is 9.89. The van der Waals surface area contributed by atoms with Gasteiger partial charge >= 0.3 is 12.1 Å². The van der Waals surface area contributed by atoms with Crippen LogP contribution in [-0.4, -0.2) is 65.3 Å². The zero-order valence-electron chi connectivity index (χ0n) is 20.7. The Morgan fingerprint density at radius 2 is 1.89 bits per heavy atom. The fourth-order valence-electron chi connectivity index (χ4n) is 4.10. The van der Waals surface area contributed by atoms with Crippen molar-refractivity contribution in [3.8, 4) is 0 Å². The highest BCUT2D eigenvalue weighted by Crippen LogP contribution is 2.22. The Hall–Kier alpha value is -3.14. The minimum Gasteiger partial charge on any atom is -0.444 e. The van der Waals surface area contributed by atoms with Crippen molar-refractivity contribution < 1.29 is 33.4 Å². The average Bonchev–Trinajstić information content (AvgIpc) is 3.15. The molecule has 4 atom stereocenters. The molecule has 2 fully saturated rings. The SMILES string of the molecule is CC(NC(=O)OC(C)(C)C)C(=O)N1CCCCC1C(=O)NC1CC(=O)OC1OCc1ccccc1. The maximum absolute atomic E-state index is 13.2. The maximum Gasteiger partial charge on any atom is 0.408 e. The van der Waals surface area contributed by atoms with Gasteiger partial charge in [0.2, 0.25) is 18.1 Å². The number of cyclic esters (lactones) is 1. The van der Waals surface area contributed by atoms with E-state index < -0.39 is 42.1 Å². The second kappa shape index (κ2) is 11.5. The third-order valence-electron chi connectivity index (χ3n) is 5.74. The molecule has 0 aliphatic carbocycles. The molecule has 2 saturated heterocycles. The van der Waals surface area contributed by atoms with Crippen molar-refractivity contribution >= 4 is 23.9 Å². The van der Waals surface area contributed by atoms with Crippen LogP contribution in [-0.2, 0) is 35.2 Å². The number of likely N-dealkylation sites (tertiary alicyclic amines) is 1. The fourth-order valence-corrected chi connectivity index (χ4v) is 4.10. The summed E-state index contributed by atoms with van der Waals surface area (Å²) < 4.78 is 16.2. The Kier molecular flexibility index (Phi) is 8.71. The van der Waals surface area contributed by atoms with Gasteiger partial charge in [-0.2, -0.15) is 0 Å². The van der Waals surface area contributed by atoms with Crippen LogP contribution >= 0.6 is 0 Å². The quantitative estimate of drug-likeness (QED) is 0.563. The van der Waals surface area contributed by atoms with Crippen molar-refractivity contribution in [2.45, 2.75) is 90.0 Å².